The van der Waals surface area contributed by atoms with E-state index in [4.69, 9.17) is 9.97 Å². The molecular weight excluding hydrogens is 420 g/mol. The molecule has 4 aromatic carbocycles. The van der Waals surface area contributed by atoms with Crippen molar-refractivity contribution in [2.24, 2.45) is 0 Å². The van der Waals surface area contributed by atoms with E-state index in [0.717, 1.165) is 27.3 Å². The van der Waals surface area contributed by atoms with Gasteiger partial charge in [0.15, 0.2) is 0 Å². The van der Waals surface area contributed by atoms with Crippen LogP contribution in [-0.4, -0.2) is 9.97 Å². The van der Waals surface area contributed by atoms with E-state index in [1.807, 2.05) is 0 Å². The number of hydrogen-bond donors (Lipinski definition) is 0. The van der Waals surface area contributed by atoms with Crippen molar-refractivity contribution in [2.45, 2.75) is 26.2 Å². The summed E-state index contributed by atoms with van der Waals surface area (Å²) in [7, 11) is 0. The summed E-state index contributed by atoms with van der Waals surface area (Å²) < 4.78 is 2.41. The largest absolute Gasteiger partial charge is 0.231 e. The van der Waals surface area contributed by atoms with Crippen LogP contribution in [0.4, 0.5) is 0 Å². The van der Waals surface area contributed by atoms with Gasteiger partial charge in [0.25, 0.3) is 0 Å². The lowest BCUT2D eigenvalue weighted by Gasteiger charge is -2.18. The fourth-order valence-electron chi connectivity index (χ4n) is 4.31. The molecule has 0 N–H and O–H groups in total. The van der Waals surface area contributed by atoms with Gasteiger partial charge >= 0.3 is 0 Å². The molecule has 6 rings (SSSR count). The molecule has 0 amide bonds. The van der Waals surface area contributed by atoms with E-state index < -0.39 is 0 Å². The van der Waals surface area contributed by atoms with Crippen molar-refractivity contribution >= 4 is 42.4 Å². The highest BCUT2D eigenvalue weighted by Gasteiger charge is 2.22. The predicted molar refractivity (Wildman–Crippen MR) is 142 cm³/mol. The Hall–Kier alpha value is -3.56. The van der Waals surface area contributed by atoms with Gasteiger partial charge in [-0.2, -0.15) is 0 Å². The minimum Gasteiger partial charge on any atom is -0.231 e. The number of nitrogens with zero attached hydrogens (tertiary/aromatic N) is 2. The van der Waals surface area contributed by atoms with Crippen LogP contribution in [0.15, 0.2) is 91.0 Å². The maximum absolute atomic E-state index is 5.08. The minimum atomic E-state index is -0.128. The molecule has 0 atom stereocenters. The quantitative estimate of drug-likeness (QED) is 0.267. The first kappa shape index (κ1) is 20.1. The van der Waals surface area contributed by atoms with Gasteiger partial charge in [-0.05, 0) is 34.0 Å². The summed E-state index contributed by atoms with van der Waals surface area (Å²) in [5.41, 5.74) is 5.52. The van der Waals surface area contributed by atoms with Crippen LogP contribution in [0.2, 0.25) is 0 Å². The van der Waals surface area contributed by atoms with Crippen LogP contribution in [0.5, 0.6) is 0 Å². The molecule has 0 aliphatic carbocycles. The van der Waals surface area contributed by atoms with Crippen LogP contribution in [0.25, 0.3) is 53.5 Å². The van der Waals surface area contributed by atoms with Gasteiger partial charge in [0, 0.05) is 21.1 Å². The summed E-state index contributed by atoms with van der Waals surface area (Å²) in [6.45, 7) is 6.53. The van der Waals surface area contributed by atoms with E-state index in [2.05, 4.69) is 112 Å². The monoisotopic (exact) mass is 444 g/mol. The first-order valence-electron chi connectivity index (χ1n) is 11.3. The van der Waals surface area contributed by atoms with E-state index >= 15 is 0 Å². The summed E-state index contributed by atoms with van der Waals surface area (Å²) in [4.78, 5) is 10.1. The third-order valence-corrected chi connectivity index (χ3v) is 7.30. The van der Waals surface area contributed by atoms with Crippen molar-refractivity contribution in [2.75, 3.05) is 0 Å². The zero-order chi connectivity index (χ0) is 22.6. The van der Waals surface area contributed by atoms with Crippen molar-refractivity contribution in [1.29, 1.82) is 0 Å². The molecule has 0 aliphatic heterocycles. The Morgan fingerprint density at radius 2 is 1.30 bits per heavy atom. The maximum Gasteiger partial charge on any atom is 0.135 e. The average molecular weight is 445 g/mol. The summed E-state index contributed by atoms with van der Waals surface area (Å²) in [5, 5.41) is 3.73. The van der Waals surface area contributed by atoms with Crippen LogP contribution in [0.1, 0.15) is 26.6 Å². The zero-order valence-electron chi connectivity index (χ0n) is 19.0. The van der Waals surface area contributed by atoms with Crippen molar-refractivity contribution < 1.29 is 0 Å². The van der Waals surface area contributed by atoms with Crippen molar-refractivity contribution in [1.82, 2.24) is 9.97 Å². The van der Waals surface area contributed by atoms with Gasteiger partial charge in [-0.3, -0.25) is 0 Å². The lowest BCUT2D eigenvalue weighted by Crippen LogP contribution is -2.16. The molecule has 0 spiro atoms. The predicted octanol–water partition coefficient (Wildman–Crippen LogP) is 8.63. The van der Waals surface area contributed by atoms with Crippen LogP contribution in [0, 0.1) is 0 Å². The number of fused-ring (bicyclic) bond motifs is 4. The van der Waals surface area contributed by atoms with Crippen LogP contribution < -0.4 is 0 Å². The Morgan fingerprint density at radius 3 is 2.09 bits per heavy atom. The van der Waals surface area contributed by atoms with Gasteiger partial charge in [-0.25, -0.2) is 9.97 Å². The molecule has 0 aliphatic rings. The van der Waals surface area contributed by atoms with Crippen LogP contribution >= 0.6 is 11.3 Å². The summed E-state index contributed by atoms with van der Waals surface area (Å²) >= 11 is 1.78. The van der Waals surface area contributed by atoms with Gasteiger partial charge in [-0.15, -0.1) is 11.3 Å². The second kappa shape index (κ2) is 7.50. The zero-order valence-corrected chi connectivity index (χ0v) is 19.8. The normalized spacial score (nSPS) is 12.1. The third-order valence-electron chi connectivity index (χ3n) is 6.13. The maximum atomic E-state index is 5.08. The fraction of sp³-hybridized carbons (Fsp3) is 0.133. The van der Waals surface area contributed by atoms with E-state index in [-0.39, 0.29) is 5.41 Å². The Bertz CT molecular complexity index is 1640. The van der Waals surface area contributed by atoms with Crippen molar-refractivity contribution in [3.05, 3.63) is 96.8 Å². The molecule has 0 bridgehead atoms. The second-order valence-corrected chi connectivity index (χ2v) is 10.6. The SMILES string of the molecule is CC(C)(C)c1nc(-c2ccc(-c3ccc4ccccc4c3)cc2)c2sc3ccccc3c2n1. The number of thiophene rings is 1. The molecule has 3 heteroatoms. The minimum absolute atomic E-state index is 0.128. The number of hydrogen-bond acceptors (Lipinski definition) is 3. The number of benzene rings is 4. The standard InChI is InChI=1S/C30H24N2S/c1-30(2,3)29-31-26(28-27(32-29)24-10-6-7-11-25(24)33-28)21-15-12-20(13-16-21)23-17-14-19-8-4-5-9-22(19)18-23/h4-18H,1-3H3. The molecule has 2 nitrogen and oxygen atoms in total. The van der Waals surface area contributed by atoms with Gasteiger partial charge in [0.1, 0.15) is 5.82 Å². The van der Waals surface area contributed by atoms with Gasteiger partial charge in [0.05, 0.1) is 15.9 Å². The molecule has 0 fully saturated rings. The molecule has 160 valence electrons. The van der Waals surface area contributed by atoms with Crippen LogP contribution in [-0.2, 0) is 5.41 Å². The number of rotatable bonds is 2. The van der Waals surface area contributed by atoms with Crippen molar-refractivity contribution in [3.63, 3.8) is 0 Å². The summed E-state index contributed by atoms with van der Waals surface area (Å²) in [6.07, 6.45) is 0. The Morgan fingerprint density at radius 1 is 0.636 bits per heavy atom. The molecule has 0 unspecified atom stereocenters. The van der Waals surface area contributed by atoms with Gasteiger partial charge in [-0.1, -0.05) is 99.6 Å². The average Bonchev–Trinajstić information content (AvgIpc) is 3.21. The fourth-order valence-corrected chi connectivity index (χ4v) is 5.47. The number of aromatic nitrogens is 2. The van der Waals surface area contributed by atoms with E-state index in [1.54, 1.807) is 11.3 Å². The molecular formula is C30H24N2S. The summed E-state index contributed by atoms with van der Waals surface area (Å²) in [6, 6.07) is 32.5. The Balaban J connectivity index is 1.51. The Kier molecular flexibility index (Phi) is 4.56. The van der Waals surface area contributed by atoms with Gasteiger partial charge in [0.2, 0.25) is 0 Å². The van der Waals surface area contributed by atoms with Gasteiger partial charge < -0.3 is 0 Å². The second-order valence-electron chi connectivity index (χ2n) is 9.56. The third kappa shape index (κ3) is 3.49. The van der Waals surface area contributed by atoms with E-state index in [9.17, 15) is 0 Å². The highest BCUT2D eigenvalue weighted by Crippen LogP contribution is 2.39. The van der Waals surface area contributed by atoms with Crippen molar-refractivity contribution in [3.8, 4) is 22.4 Å². The first-order chi connectivity index (χ1) is 16.0. The molecule has 0 saturated carbocycles. The highest BCUT2D eigenvalue weighted by molar-refractivity contribution is 7.26. The molecule has 0 radical (unpaired) electrons. The highest BCUT2D eigenvalue weighted by atomic mass is 32.1. The molecule has 6 aromatic rings. The lowest BCUT2D eigenvalue weighted by molar-refractivity contribution is 0.549. The smallest absolute Gasteiger partial charge is 0.135 e. The lowest BCUT2D eigenvalue weighted by atomic mass is 9.95. The summed E-state index contributed by atoms with van der Waals surface area (Å²) in [5.74, 6) is 0.882. The van der Waals surface area contributed by atoms with E-state index in [1.165, 1.54) is 32.0 Å². The Labute approximate surface area is 197 Å². The molecule has 33 heavy (non-hydrogen) atoms. The van der Waals surface area contributed by atoms with Crippen LogP contribution in [0.3, 0.4) is 0 Å². The molecule has 2 heterocycles. The first-order valence-corrected chi connectivity index (χ1v) is 12.1. The topological polar surface area (TPSA) is 25.8 Å². The molecule has 0 saturated heterocycles. The molecule has 2 aromatic heterocycles. The van der Waals surface area contributed by atoms with E-state index in [0.29, 0.717) is 0 Å².